The van der Waals surface area contributed by atoms with Crippen LogP contribution in [0, 0.1) is 0 Å². The normalized spacial score (nSPS) is 17.0. The first-order valence-corrected chi connectivity index (χ1v) is 10.3. The minimum absolute atomic E-state index is 0.163. The quantitative estimate of drug-likeness (QED) is 0.697. The molecular formula is C13H20Cl2N2O3S2. The molecular weight excluding hydrogens is 367 g/mol. The highest BCUT2D eigenvalue weighted by Gasteiger charge is 2.18. The average Bonchev–Trinajstić information content (AvgIpc) is 2.84. The predicted molar refractivity (Wildman–Crippen MR) is 90.6 cm³/mol. The van der Waals surface area contributed by atoms with E-state index in [1.54, 1.807) is 0 Å². The van der Waals surface area contributed by atoms with Crippen molar-refractivity contribution in [2.24, 2.45) is 0 Å². The Morgan fingerprint density at radius 3 is 2.59 bits per heavy atom. The third kappa shape index (κ3) is 5.63. The fourth-order valence-corrected chi connectivity index (χ4v) is 5.20. The van der Waals surface area contributed by atoms with E-state index < -0.39 is 10.0 Å². The van der Waals surface area contributed by atoms with E-state index in [4.69, 9.17) is 27.9 Å². The maximum absolute atomic E-state index is 12.0. The number of hydrogen-bond acceptors (Lipinski definition) is 5. The summed E-state index contributed by atoms with van der Waals surface area (Å²) >= 11 is 12.6. The van der Waals surface area contributed by atoms with Crippen LogP contribution in [0.3, 0.4) is 0 Å². The molecule has 0 atom stereocenters. The molecule has 0 amide bonds. The highest BCUT2D eigenvalue weighted by molar-refractivity contribution is 7.91. The Hall–Kier alpha value is 0.110. The topological polar surface area (TPSA) is 58.6 Å². The van der Waals surface area contributed by atoms with Gasteiger partial charge < -0.3 is 4.74 Å². The molecule has 0 aromatic carbocycles. The first-order valence-electron chi connectivity index (χ1n) is 7.23. The number of morpholine rings is 1. The van der Waals surface area contributed by atoms with Crippen molar-refractivity contribution in [1.29, 1.82) is 0 Å². The van der Waals surface area contributed by atoms with Crippen LogP contribution in [0.25, 0.3) is 0 Å². The van der Waals surface area contributed by atoms with Gasteiger partial charge >= 0.3 is 0 Å². The van der Waals surface area contributed by atoms with E-state index >= 15 is 0 Å². The number of nitrogens with zero attached hydrogens (tertiary/aromatic N) is 1. The standard InChI is InChI=1S/C13H20Cl2N2O3S2/c14-11-10-12(21-13(11)15)22(18,19)16-4-2-1-3-5-17-6-8-20-9-7-17/h10,16H,1-9H2. The van der Waals surface area contributed by atoms with Gasteiger partial charge in [-0.15, -0.1) is 11.3 Å². The van der Waals surface area contributed by atoms with Crippen molar-refractivity contribution < 1.29 is 13.2 Å². The lowest BCUT2D eigenvalue weighted by atomic mass is 10.2. The van der Waals surface area contributed by atoms with Gasteiger partial charge in [0, 0.05) is 19.6 Å². The summed E-state index contributed by atoms with van der Waals surface area (Å²) in [5.74, 6) is 0. The summed E-state index contributed by atoms with van der Waals surface area (Å²) in [7, 11) is -3.50. The molecule has 1 aliphatic rings. The molecule has 126 valence electrons. The Labute approximate surface area is 145 Å². The number of halogens is 2. The second-order valence-corrected chi connectivity index (χ2v) is 9.15. The van der Waals surface area contributed by atoms with E-state index in [9.17, 15) is 8.42 Å². The Bertz CT molecular complexity index is 552. The zero-order chi connectivity index (χ0) is 16.0. The summed E-state index contributed by atoms with van der Waals surface area (Å²) in [6.07, 6.45) is 2.88. The van der Waals surface area contributed by atoms with Crippen LogP contribution in [0.1, 0.15) is 19.3 Å². The molecule has 2 rings (SSSR count). The lowest BCUT2D eigenvalue weighted by Crippen LogP contribution is -2.36. The van der Waals surface area contributed by atoms with Crippen molar-refractivity contribution in [3.05, 3.63) is 15.4 Å². The van der Waals surface area contributed by atoms with E-state index in [1.807, 2.05) is 0 Å². The van der Waals surface area contributed by atoms with Crippen LogP contribution in [0.2, 0.25) is 9.36 Å². The van der Waals surface area contributed by atoms with Gasteiger partial charge in [-0.25, -0.2) is 13.1 Å². The summed E-state index contributed by atoms with van der Waals surface area (Å²) in [5.41, 5.74) is 0. The second-order valence-electron chi connectivity index (χ2n) is 5.10. The van der Waals surface area contributed by atoms with E-state index in [0.717, 1.165) is 63.4 Å². The van der Waals surface area contributed by atoms with Crippen molar-refractivity contribution >= 4 is 44.6 Å². The van der Waals surface area contributed by atoms with Gasteiger partial charge in [-0.1, -0.05) is 29.6 Å². The number of thiophene rings is 1. The van der Waals surface area contributed by atoms with Gasteiger partial charge in [0.05, 0.1) is 18.2 Å². The van der Waals surface area contributed by atoms with Crippen molar-refractivity contribution in [1.82, 2.24) is 9.62 Å². The van der Waals surface area contributed by atoms with Gasteiger partial charge in [0.2, 0.25) is 10.0 Å². The van der Waals surface area contributed by atoms with E-state index in [2.05, 4.69) is 9.62 Å². The number of rotatable bonds is 8. The van der Waals surface area contributed by atoms with Crippen molar-refractivity contribution in [2.45, 2.75) is 23.5 Å². The van der Waals surface area contributed by atoms with Gasteiger partial charge in [0.25, 0.3) is 0 Å². The highest BCUT2D eigenvalue weighted by atomic mass is 35.5. The Kier molecular flexibility index (Phi) is 7.40. The first kappa shape index (κ1) is 18.4. The number of sulfonamides is 1. The van der Waals surface area contributed by atoms with Gasteiger partial charge in [-0.05, 0) is 25.5 Å². The zero-order valence-corrected chi connectivity index (χ0v) is 15.3. The van der Waals surface area contributed by atoms with Gasteiger partial charge in [-0.3, -0.25) is 4.90 Å². The lowest BCUT2D eigenvalue weighted by molar-refractivity contribution is 0.0371. The van der Waals surface area contributed by atoms with Gasteiger partial charge in [-0.2, -0.15) is 0 Å². The second kappa shape index (κ2) is 8.82. The third-order valence-electron chi connectivity index (χ3n) is 3.43. The molecule has 0 aliphatic carbocycles. The molecule has 9 heteroatoms. The van der Waals surface area contributed by atoms with Crippen LogP contribution in [-0.2, 0) is 14.8 Å². The average molecular weight is 387 g/mol. The summed E-state index contributed by atoms with van der Waals surface area (Å²) in [5, 5.41) is 0.276. The molecule has 0 saturated carbocycles. The number of nitrogens with one attached hydrogen (secondary N) is 1. The van der Waals surface area contributed by atoms with Crippen LogP contribution in [0.4, 0.5) is 0 Å². The van der Waals surface area contributed by atoms with Gasteiger partial charge in [0.15, 0.2) is 0 Å². The molecule has 1 aromatic heterocycles. The van der Waals surface area contributed by atoms with Gasteiger partial charge in [0.1, 0.15) is 8.55 Å². The first-order chi connectivity index (χ1) is 10.5. The van der Waals surface area contributed by atoms with Crippen molar-refractivity contribution in [3.63, 3.8) is 0 Å². The number of hydrogen-bond donors (Lipinski definition) is 1. The largest absolute Gasteiger partial charge is 0.379 e. The molecule has 0 spiro atoms. The Morgan fingerprint density at radius 2 is 1.95 bits per heavy atom. The smallest absolute Gasteiger partial charge is 0.250 e. The van der Waals surface area contributed by atoms with E-state index in [0.29, 0.717) is 10.9 Å². The Balaban J connectivity index is 1.63. The minimum Gasteiger partial charge on any atom is -0.379 e. The molecule has 1 aromatic rings. The summed E-state index contributed by atoms with van der Waals surface area (Å²) in [6, 6.07) is 1.38. The van der Waals surface area contributed by atoms with Crippen molar-refractivity contribution in [3.8, 4) is 0 Å². The molecule has 2 heterocycles. The molecule has 0 radical (unpaired) electrons. The van der Waals surface area contributed by atoms with Crippen LogP contribution in [0.5, 0.6) is 0 Å². The lowest BCUT2D eigenvalue weighted by Gasteiger charge is -2.26. The predicted octanol–water partition coefficient (Wildman–Crippen LogP) is 2.84. The minimum atomic E-state index is -3.50. The van der Waals surface area contributed by atoms with E-state index in [1.165, 1.54) is 6.07 Å². The number of unbranched alkanes of at least 4 members (excludes halogenated alkanes) is 2. The zero-order valence-electron chi connectivity index (χ0n) is 12.2. The summed E-state index contributed by atoms with van der Waals surface area (Å²) < 4.78 is 32.4. The SMILES string of the molecule is O=S(=O)(NCCCCCN1CCOCC1)c1cc(Cl)c(Cl)s1. The maximum Gasteiger partial charge on any atom is 0.250 e. The fraction of sp³-hybridized carbons (Fsp3) is 0.692. The molecule has 1 aliphatic heterocycles. The molecule has 22 heavy (non-hydrogen) atoms. The summed E-state index contributed by atoms with van der Waals surface area (Å²) in [4.78, 5) is 2.38. The van der Waals surface area contributed by atoms with Crippen LogP contribution < -0.4 is 4.72 Å². The molecule has 1 N–H and O–H groups in total. The molecule has 0 unspecified atom stereocenters. The fourth-order valence-electron chi connectivity index (χ4n) is 2.20. The van der Waals surface area contributed by atoms with Crippen LogP contribution >= 0.6 is 34.5 Å². The Morgan fingerprint density at radius 1 is 1.23 bits per heavy atom. The maximum atomic E-state index is 12.0. The summed E-state index contributed by atoms with van der Waals surface area (Å²) in [6.45, 7) is 5.08. The van der Waals surface area contributed by atoms with Crippen LogP contribution in [0.15, 0.2) is 10.3 Å². The number of ether oxygens (including phenoxy) is 1. The van der Waals surface area contributed by atoms with Crippen molar-refractivity contribution in [2.75, 3.05) is 39.4 Å². The molecule has 1 fully saturated rings. The molecule has 0 bridgehead atoms. The molecule has 5 nitrogen and oxygen atoms in total. The molecule has 1 saturated heterocycles. The monoisotopic (exact) mass is 386 g/mol. The van der Waals surface area contributed by atoms with Crippen LogP contribution in [-0.4, -0.2) is 52.7 Å². The highest BCUT2D eigenvalue weighted by Crippen LogP contribution is 2.34. The van der Waals surface area contributed by atoms with E-state index in [-0.39, 0.29) is 9.23 Å². The third-order valence-corrected chi connectivity index (χ3v) is 7.23.